The summed E-state index contributed by atoms with van der Waals surface area (Å²) in [5.41, 5.74) is 0.551. The molecule has 3 heteroatoms. The van der Waals surface area contributed by atoms with E-state index >= 15 is 0 Å². The molecule has 0 radical (unpaired) electrons. The molecule has 1 heterocycles. The summed E-state index contributed by atoms with van der Waals surface area (Å²) >= 11 is 0. The van der Waals surface area contributed by atoms with E-state index in [9.17, 15) is 5.11 Å². The fourth-order valence-corrected chi connectivity index (χ4v) is 1.08. The summed E-state index contributed by atoms with van der Waals surface area (Å²) < 4.78 is 0. The zero-order valence-corrected chi connectivity index (χ0v) is 7.60. The summed E-state index contributed by atoms with van der Waals surface area (Å²) in [6, 6.07) is 8.84. The Balaban J connectivity index is 0.000000720. The van der Waals surface area contributed by atoms with E-state index in [0.717, 1.165) is 5.39 Å². The molecular formula is C9H6AgNO. The van der Waals surface area contributed by atoms with E-state index < -0.39 is 0 Å². The van der Waals surface area contributed by atoms with Crippen molar-refractivity contribution < 1.29 is 27.5 Å². The van der Waals surface area contributed by atoms with Crippen LogP contribution < -0.4 is 5.11 Å². The molecule has 0 saturated carbocycles. The first-order valence-corrected chi connectivity index (χ1v) is 3.39. The van der Waals surface area contributed by atoms with Crippen LogP contribution in [0.2, 0.25) is 0 Å². The topological polar surface area (TPSA) is 36.0 Å². The van der Waals surface area contributed by atoms with Crippen molar-refractivity contribution in [2.75, 3.05) is 0 Å². The zero-order valence-electron chi connectivity index (χ0n) is 6.12. The summed E-state index contributed by atoms with van der Waals surface area (Å²) in [4.78, 5) is 3.97. The molecule has 1 aromatic heterocycles. The third-order valence-electron chi connectivity index (χ3n) is 1.60. The normalized spacial score (nSPS) is 9.33. The molecule has 0 aliphatic rings. The molecular weight excluding hydrogens is 246 g/mol. The molecule has 2 aromatic rings. The Morgan fingerprint density at radius 2 is 1.83 bits per heavy atom. The first-order valence-electron chi connectivity index (χ1n) is 3.39. The molecule has 2 nitrogen and oxygen atoms in total. The molecule has 0 unspecified atom stereocenters. The van der Waals surface area contributed by atoms with Gasteiger partial charge in [0.25, 0.3) is 0 Å². The van der Waals surface area contributed by atoms with Gasteiger partial charge < -0.3 is 5.11 Å². The first kappa shape index (κ1) is 9.26. The van der Waals surface area contributed by atoms with Gasteiger partial charge in [-0.25, -0.2) is 0 Å². The van der Waals surface area contributed by atoms with Gasteiger partial charge >= 0.3 is 22.4 Å². The fourth-order valence-electron chi connectivity index (χ4n) is 1.08. The van der Waals surface area contributed by atoms with E-state index in [0.29, 0.717) is 5.52 Å². The van der Waals surface area contributed by atoms with Crippen molar-refractivity contribution in [3.63, 3.8) is 0 Å². The van der Waals surface area contributed by atoms with Gasteiger partial charge in [-0.1, -0.05) is 30.0 Å². The Hall–Kier alpha value is -0.830. The molecule has 2 rings (SSSR count). The van der Waals surface area contributed by atoms with Gasteiger partial charge in [-0.05, 0) is 11.5 Å². The Kier molecular flexibility index (Phi) is 2.87. The van der Waals surface area contributed by atoms with Gasteiger partial charge in [0, 0.05) is 6.20 Å². The summed E-state index contributed by atoms with van der Waals surface area (Å²) in [5.74, 6) is -0.0110. The molecule has 0 bridgehead atoms. The molecule has 0 spiro atoms. The van der Waals surface area contributed by atoms with Crippen LogP contribution in [0.5, 0.6) is 5.75 Å². The van der Waals surface area contributed by atoms with Gasteiger partial charge in [0.15, 0.2) is 0 Å². The van der Waals surface area contributed by atoms with E-state index in [-0.39, 0.29) is 28.1 Å². The molecule has 0 atom stereocenters. The van der Waals surface area contributed by atoms with Crippen molar-refractivity contribution in [1.82, 2.24) is 4.98 Å². The zero-order chi connectivity index (χ0) is 7.68. The average Bonchev–Trinajstić information content (AvgIpc) is 2.06. The van der Waals surface area contributed by atoms with Crippen molar-refractivity contribution in [1.29, 1.82) is 0 Å². The van der Waals surface area contributed by atoms with Crippen LogP contribution in [0.15, 0.2) is 36.5 Å². The summed E-state index contributed by atoms with van der Waals surface area (Å²) in [6.07, 6.45) is 1.63. The van der Waals surface area contributed by atoms with Crippen LogP contribution in [0.4, 0.5) is 0 Å². The first-order chi connectivity index (χ1) is 5.38. The second-order valence-electron chi connectivity index (χ2n) is 2.33. The monoisotopic (exact) mass is 251 g/mol. The van der Waals surface area contributed by atoms with Gasteiger partial charge in [-0.2, -0.15) is 0 Å². The van der Waals surface area contributed by atoms with Crippen LogP contribution in [0.3, 0.4) is 0 Å². The minimum absolute atomic E-state index is 0. The quantitative estimate of drug-likeness (QED) is 0.662. The Morgan fingerprint density at radius 3 is 2.58 bits per heavy atom. The van der Waals surface area contributed by atoms with E-state index in [2.05, 4.69) is 4.98 Å². The van der Waals surface area contributed by atoms with Crippen LogP contribution in [-0.2, 0) is 22.4 Å². The van der Waals surface area contributed by atoms with Crippen LogP contribution in [0.25, 0.3) is 10.9 Å². The maximum atomic E-state index is 11.1. The second-order valence-corrected chi connectivity index (χ2v) is 2.33. The van der Waals surface area contributed by atoms with Crippen LogP contribution in [0, 0.1) is 0 Å². The van der Waals surface area contributed by atoms with Gasteiger partial charge in [0.2, 0.25) is 0 Å². The Labute approximate surface area is 85.8 Å². The number of benzene rings is 1. The molecule has 0 saturated heterocycles. The Bertz CT molecular complexity index is 384. The summed E-state index contributed by atoms with van der Waals surface area (Å²) in [7, 11) is 0. The van der Waals surface area contributed by atoms with Gasteiger partial charge in [0.1, 0.15) is 0 Å². The molecule has 1 aromatic carbocycles. The van der Waals surface area contributed by atoms with Gasteiger partial charge in [-0.15, -0.1) is 0 Å². The third-order valence-corrected chi connectivity index (χ3v) is 1.60. The van der Waals surface area contributed by atoms with Crippen molar-refractivity contribution in [3.05, 3.63) is 36.5 Å². The number of pyridine rings is 1. The number of para-hydroxylation sites is 1. The van der Waals surface area contributed by atoms with Gasteiger partial charge in [0.05, 0.1) is 5.52 Å². The van der Waals surface area contributed by atoms with E-state index in [4.69, 9.17) is 0 Å². The fraction of sp³-hybridized carbons (Fsp3) is 0. The molecule has 0 fully saturated rings. The van der Waals surface area contributed by atoms with Crippen LogP contribution in [0.1, 0.15) is 0 Å². The molecule has 64 valence electrons. The average molecular weight is 252 g/mol. The minimum atomic E-state index is -0.0110. The van der Waals surface area contributed by atoms with Crippen LogP contribution in [-0.4, -0.2) is 4.98 Å². The number of rotatable bonds is 0. The van der Waals surface area contributed by atoms with Crippen molar-refractivity contribution in [2.45, 2.75) is 0 Å². The van der Waals surface area contributed by atoms with Crippen molar-refractivity contribution in [3.8, 4) is 5.75 Å². The largest absolute Gasteiger partial charge is 1.00 e. The van der Waals surface area contributed by atoms with Crippen LogP contribution >= 0.6 is 0 Å². The number of aromatic nitrogens is 1. The minimum Gasteiger partial charge on any atom is -0.871 e. The smallest absolute Gasteiger partial charge is 0.871 e. The number of nitrogens with zero attached hydrogens (tertiary/aromatic N) is 1. The maximum absolute atomic E-state index is 11.1. The predicted molar refractivity (Wildman–Crippen MR) is 41.2 cm³/mol. The van der Waals surface area contributed by atoms with E-state index in [1.54, 1.807) is 12.3 Å². The van der Waals surface area contributed by atoms with E-state index in [1.165, 1.54) is 6.07 Å². The van der Waals surface area contributed by atoms with Gasteiger partial charge in [-0.3, -0.25) is 4.98 Å². The standard InChI is InChI=1S/C9H7NO.Ag/c11-8-5-1-3-7-4-2-6-10-9(7)8;/h1-6,11H;/q;+1/p-1. The Morgan fingerprint density at radius 1 is 1.08 bits per heavy atom. The second kappa shape index (κ2) is 3.72. The van der Waals surface area contributed by atoms with Crippen molar-refractivity contribution >= 4 is 10.9 Å². The third kappa shape index (κ3) is 1.50. The molecule has 0 N–H and O–H groups in total. The maximum Gasteiger partial charge on any atom is 1.00 e. The molecule has 0 aliphatic carbocycles. The predicted octanol–water partition coefficient (Wildman–Crippen LogP) is 1.31. The number of fused-ring (bicyclic) bond motifs is 1. The van der Waals surface area contributed by atoms with E-state index in [1.807, 2.05) is 18.2 Å². The molecule has 0 aliphatic heterocycles. The summed E-state index contributed by atoms with van der Waals surface area (Å²) in [6.45, 7) is 0. The number of hydrogen-bond donors (Lipinski definition) is 0. The molecule has 0 amide bonds. The number of hydrogen-bond acceptors (Lipinski definition) is 2. The SMILES string of the molecule is [Ag+].[O-]c1cccc2cccnc12. The molecule has 12 heavy (non-hydrogen) atoms. The van der Waals surface area contributed by atoms with Crippen molar-refractivity contribution in [2.24, 2.45) is 0 Å². The summed E-state index contributed by atoms with van der Waals surface area (Å²) in [5, 5.41) is 12.0.